The van der Waals surface area contributed by atoms with Crippen molar-refractivity contribution < 1.29 is 9.53 Å². The van der Waals surface area contributed by atoms with E-state index in [-0.39, 0.29) is 11.8 Å². The molecule has 0 unspecified atom stereocenters. The Balaban J connectivity index is 2.07. The fourth-order valence-corrected chi connectivity index (χ4v) is 2.33. The molecular formula is C11H11NO2S. The van der Waals surface area contributed by atoms with Crippen LogP contribution in [-0.4, -0.2) is 31.0 Å². The van der Waals surface area contributed by atoms with Crippen LogP contribution in [0.5, 0.6) is 5.75 Å². The maximum absolute atomic E-state index is 11.9. The highest BCUT2D eigenvalue weighted by Crippen LogP contribution is 2.28. The molecule has 2 heterocycles. The smallest absolute Gasteiger partial charge is 0.267 e. The van der Waals surface area contributed by atoms with Crippen LogP contribution < -0.4 is 4.74 Å². The van der Waals surface area contributed by atoms with Gasteiger partial charge in [0.1, 0.15) is 10.6 Å². The summed E-state index contributed by atoms with van der Waals surface area (Å²) in [5.41, 5.74) is 0. The van der Waals surface area contributed by atoms with Crippen molar-refractivity contribution in [3.8, 4) is 18.1 Å². The van der Waals surface area contributed by atoms with Crippen molar-refractivity contribution in [2.24, 2.45) is 5.92 Å². The molecule has 1 fully saturated rings. The first-order valence-corrected chi connectivity index (χ1v) is 5.51. The topological polar surface area (TPSA) is 29.5 Å². The van der Waals surface area contributed by atoms with Gasteiger partial charge in [-0.15, -0.1) is 17.8 Å². The van der Waals surface area contributed by atoms with Gasteiger partial charge in [0.15, 0.2) is 0 Å². The molecule has 0 spiro atoms. The molecule has 0 bridgehead atoms. The van der Waals surface area contributed by atoms with Gasteiger partial charge in [-0.3, -0.25) is 4.79 Å². The molecular weight excluding hydrogens is 210 g/mol. The van der Waals surface area contributed by atoms with Gasteiger partial charge in [-0.1, -0.05) is 5.92 Å². The van der Waals surface area contributed by atoms with Crippen LogP contribution in [0.1, 0.15) is 9.67 Å². The summed E-state index contributed by atoms with van der Waals surface area (Å²) in [6, 6.07) is 1.80. The quantitative estimate of drug-likeness (QED) is 0.708. The SMILES string of the molecule is C#CC1CN(C(=O)c2sccc2OC)C1. The number of amides is 1. The molecule has 0 aromatic carbocycles. The highest BCUT2D eigenvalue weighted by Gasteiger charge is 2.31. The third-order valence-corrected chi connectivity index (χ3v) is 3.33. The third kappa shape index (κ3) is 1.71. The molecule has 1 saturated heterocycles. The minimum Gasteiger partial charge on any atom is -0.495 e. The van der Waals surface area contributed by atoms with Crippen LogP contribution in [0.4, 0.5) is 0 Å². The normalized spacial score (nSPS) is 15.6. The van der Waals surface area contributed by atoms with Crippen LogP contribution in [0.3, 0.4) is 0 Å². The van der Waals surface area contributed by atoms with E-state index in [1.165, 1.54) is 11.3 Å². The van der Waals surface area contributed by atoms with Crippen LogP contribution in [0, 0.1) is 18.3 Å². The molecule has 0 aliphatic carbocycles. The number of terminal acetylenes is 1. The highest BCUT2D eigenvalue weighted by atomic mass is 32.1. The van der Waals surface area contributed by atoms with E-state index in [0.29, 0.717) is 23.7 Å². The summed E-state index contributed by atoms with van der Waals surface area (Å²) in [5, 5.41) is 1.85. The molecule has 4 heteroatoms. The Hall–Kier alpha value is -1.47. The van der Waals surface area contributed by atoms with Gasteiger partial charge < -0.3 is 9.64 Å². The number of rotatable bonds is 2. The lowest BCUT2D eigenvalue weighted by molar-refractivity contribution is 0.0582. The molecule has 0 atom stereocenters. The van der Waals surface area contributed by atoms with Crippen LogP contribution in [0.2, 0.25) is 0 Å². The van der Waals surface area contributed by atoms with E-state index in [0.717, 1.165) is 0 Å². The number of likely N-dealkylation sites (tertiary alicyclic amines) is 1. The van der Waals surface area contributed by atoms with Crippen molar-refractivity contribution in [1.29, 1.82) is 0 Å². The second-order valence-electron chi connectivity index (χ2n) is 3.39. The summed E-state index contributed by atoms with van der Waals surface area (Å²) in [4.78, 5) is 14.3. The molecule has 2 rings (SSSR count). The number of hydrogen-bond acceptors (Lipinski definition) is 3. The molecule has 15 heavy (non-hydrogen) atoms. The van der Waals surface area contributed by atoms with Crippen molar-refractivity contribution in [2.45, 2.75) is 0 Å². The first-order valence-electron chi connectivity index (χ1n) is 4.63. The zero-order chi connectivity index (χ0) is 10.8. The van der Waals surface area contributed by atoms with Gasteiger partial charge in [-0.05, 0) is 11.4 Å². The molecule has 1 aliphatic rings. The van der Waals surface area contributed by atoms with E-state index in [1.54, 1.807) is 18.1 Å². The number of nitrogens with zero attached hydrogens (tertiary/aromatic N) is 1. The highest BCUT2D eigenvalue weighted by molar-refractivity contribution is 7.12. The number of ether oxygens (including phenoxy) is 1. The zero-order valence-corrected chi connectivity index (χ0v) is 9.21. The second kappa shape index (κ2) is 3.95. The minimum absolute atomic E-state index is 0.0216. The van der Waals surface area contributed by atoms with Crippen LogP contribution in [0.15, 0.2) is 11.4 Å². The van der Waals surface area contributed by atoms with Crippen LogP contribution >= 0.6 is 11.3 Å². The Morgan fingerprint density at radius 1 is 1.73 bits per heavy atom. The van der Waals surface area contributed by atoms with Crippen molar-refractivity contribution in [3.63, 3.8) is 0 Å². The van der Waals surface area contributed by atoms with Crippen molar-refractivity contribution in [1.82, 2.24) is 4.90 Å². The van der Waals surface area contributed by atoms with Gasteiger partial charge in [-0.25, -0.2) is 0 Å². The van der Waals surface area contributed by atoms with Gasteiger partial charge >= 0.3 is 0 Å². The number of thiophene rings is 1. The molecule has 0 N–H and O–H groups in total. The molecule has 1 amide bonds. The maximum Gasteiger partial charge on any atom is 0.267 e. The van der Waals surface area contributed by atoms with E-state index in [1.807, 2.05) is 5.38 Å². The minimum atomic E-state index is 0.0216. The molecule has 78 valence electrons. The van der Waals surface area contributed by atoms with Crippen molar-refractivity contribution in [2.75, 3.05) is 20.2 Å². The van der Waals surface area contributed by atoms with E-state index >= 15 is 0 Å². The summed E-state index contributed by atoms with van der Waals surface area (Å²) in [6.07, 6.45) is 5.26. The Bertz CT molecular complexity index is 412. The van der Waals surface area contributed by atoms with Gasteiger partial charge in [-0.2, -0.15) is 0 Å². The monoisotopic (exact) mass is 221 g/mol. The first kappa shape index (κ1) is 10.1. The fraction of sp³-hybridized carbons (Fsp3) is 0.364. The Morgan fingerprint density at radius 3 is 3.07 bits per heavy atom. The number of methoxy groups -OCH3 is 1. The lowest BCUT2D eigenvalue weighted by atomic mass is 10.0. The van der Waals surface area contributed by atoms with Gasteiger partial charge in [0.2, 0.25) is 0 Å². The molecule has 3 nitrogen and oxygen atoms in total. The average Bonchev–Trinajstić information content (AvgIpc) is 2.63. The summed E-state index contributed by atoms with van der Waals surface area (Å²) in [7, 11) is 1.57. The maximum atomic E-state index is 11.9. The summed E-state index contributed by atoms with van der Waals surface area (Å²) in [6.45, 7) is 1.33. The largest absolute Gasteiger partial charge is 0.495 e. The average molecular weight is 221 g/mol. The Morgan fingerprint density at radius 2 is 2.47 bits per heavy atom. The Labute approximate surface area is 92.7 Å². The zero-order valence-electron chi connectivity index (χ0n) is 8.40. The van der Waals surface area contributed by atoms with Crippen LogP contribution in [0.25, 0.3) is 0 Å². The molecule has 1 aliphatic heterocycles. The molecule has 0 radical (unpaired) electrons. The summed E-state index contributed by atoms with van der Waals surface area (Å²) >= 11 is 1.40. The first-order chi connectivity index (χ1) is 7.26. The summed E-state index contributed by atoms with van der Waals surface area (Å²) < 4.78 is 5.10. The Kier molecular flexibility index (Phi) is 2.65. The summed E-state index contributed by atoms with van der Waals surface area (Å²) in [5.74, 6) is 3.53. The lowest BCUT2D eigenvalue weighted by Gasteiger charge is -2.36. The lowest BCUT2D eigenvalue weighted by Crippen LogP contribution is -2.49. The van der Waals surface area contributed by atoms with E-state index in [4.69, 9.17) is 11.2 Å². The van der Waals surface area contributed by atoms with Crippen LogP contribution in [-0.2, 0) is 0 Å². The third-order valence-electron chi connectivity index (χ3n) is 2.45. The van der Waals surface area contributed by atoms with Gasteiger partial charge in [0.25, 0.3) is 5.91 Å². The predicted octanol–water partition coefficient (Wildman–Crippen LogP) is 1.46. The predicted molar refractivity (Wildman–Crippen MR) is 59.1 cm³/mol. The standard InChI is InChI=1S/C11H11NO2S/c1-3-8-6-12(7-8)11(13)10-9(14-2)4-5-15-10/h1,4-5,8H,6-7H2,2H3. The molecule has 1 aromatic rings. The van der Waals surface area contributed by atoms with Gasteiger partial charge in [0.05, 0.1) is 13.0 Å². The molecule has 0 saturated carbocycles. The van der Waals surface area contributed by atoms with E-state index in [9.17, 15) is 4.79 Å². The van der Waals surface area contributed by atoms with E-state index in [2.05, 4.69) is 5.92 Å². The van der Waals surface area contributed by atoms with Gasteiger partial charge in [0, 0.05) is 13.1 Å². The van der Waals surface area contributed by atoms with Crippen molar-refractivity contribution >= 4 is 17.2 Å². The number of hydrogen-bond donors (Lipinski definition) is 0. The number of carbonyl (C=O) groups excluding carboxylic acids is 1. The van der Waals surface area contributed by atoms with Crippen molar-refractivity contribution in [3.05, 3.63) is 16.3 Å². The molecule has 1 aromatic heterocycles. The fourth-order valence-electron chi connectivity index (χ4n) is 1.51. The van der Waals surface area contributed by atoms with E-state index < -0.39 is 0 Å². The number of carbonyl (C=O) groups is 1. The second-order valence-corrected chi connectivity index (χ2v) is 4.31.